The average Bonchev–Trinajstić information content (AvgIpc) is 2.84. The summed E-state index contributed by atoms with van der Waals surface area (Å²) in [6.45, 7) is 1.52. The summed E-state index contributed by atoms with van der Waals surface area (Å²) in [6.07, 6.45) is 1.90. The number of carbonyl (C=O) groups is 1. The summed E-state index contributed by atoms with van der Waals surface area (Å²) in [5, 5.41) is 9.50. The van der Waals surface area contributed by atoms with Gasteiger partial charge in [0.15, 0.2) is 16.6 Å². The molecule has 0 N–H and O–H groups in total. The number of fused-ring (bicyclic) bond motifs is 1. The van der Waals surface area contributed by atoms with Crippen molar-refractivity contribution < 1.29 is 4.79 Å². The topological polar surface area (TPSA) is 47.3 Å². The molecule has 0 aliphatic heterocycles. The minimum atomic E-state index is -0.00335. The van der Waals surface area contributed by atoms with Crippen LogP contribution in [0.2, 0.25) is 5.02 Å². The van der Waals surface area contributed by atoms with Gasteiger partial charge < -0.3 is 0 Å². The van der Waals surface area contributed by atoms with Gasteiger partial charge in [-0.05, 0) is 43.0 Å². The zero-order chi connectivity index (χ0) is 14.1. The second-order valence-corrected chi connectivity index (χ2v) is 5.63. The fourth-order valence-corrected chi connectivity index (χ4v) is 2.91. The normalized spacial score (nSPS) is 10.9. The van der Waals surface area contributed by atoms with Crippen LogP contribution in [0, 0.1) is 0 Å². The maximum Gasteiger partial charge on any atom is 0.200 e. The first kappa shape index (κ1) is 13.1. The highest BCUT2D eigenvalue weighted by Crippen LogP contribution is 2.33. The maximum absolute atomic E-state index is 11.3. The van der Waals surface area contributed by atoms with Gasteiger partial charge in [0.2, 0.25) is 0 Å². The van der Waals surface area contributed by atoms with Gasteiger partial charge in [-0.2, -0.15) is 0 Å². The van der Waals surface area contributed by atoms with E-state index in [0.717, 1.165) is 15.7 Å². The van der Waals surface area contributed by atoms with Gasteiger partial charge in [-0.15, -0.1) is 10.2 Å². The molecule has 3 aromatic rings. The quantitative estimate of drug-likeness (QED) is 0.692. The molecule has 100 valence electrons. The Bertz CT molecular complexity index is 800. The van der Waals surface area contributed by atoms with Crippen molar-refractivity contribution in [2.75, 3.05) is 0 Å². The van der Waals surface area contributed by atoms with Crippen LogP contribution in [-0.2, 0) is 0 Å². The number of aromatic nitrogens is 3. The molecule has 2 aromatic heterocycles. The molecule has 6 heteroatoms. The molecule has 0 atom stereocenters. The summed E-state index contributed by atoms with van der Waals surface area (Å²) in [6, 6.07) is 11.0. The fraction of sp³-hybridized carbons (Fsp3) is 0.0714. The summed E-state index contributed by atoms with van der Waals surface area (Å²) in [5.41, 5.74) is 1.39. The highest BCUT2D eigenvalue weighted by molar-refractivity contribution is 7.99. The molecule has 2 heterocycles. The van der Waals surface area contributed by atoms with Crippen molar-refractivity contribution in [2.45, 2.75) is 17.0 Å². The SMILES string of the molecule is CC(=O)c1ccc(Sc2nnc3ccccn23)c(Cl)c1. The van der Waals surface area contributed by atoms with Crippen molar-refractivity contribution in [3.05, 3.63) is 53.2 Å². The minimum absolute atomic E-state index is 0.00335. The van der Waals surface area contributed by atoms with Crippen LogP contribution >= 0.6 is 23.4 Å². The molecule has 0 spiro atoms. The minimum Gasteiger partial charge on any atom is -0.295 e. The van der Waals surface area contributed by atoms with Gasteiger partial charge in [0.05, 0.1) is 5.02 Å². The third kappa shape index (κ3) is 2.42. The summed E-state index contributed by atoms with van der Waals surface area (Å²) in [5.74, 6) is -0.00335. The molecule has 4 nitrogen and oxygen atoms in total. The molecule has 0 unspecified atom stereocenters. The van der Waals surface area contributed by atoms with Gasteiger partial charge in [0, 0.05) is 16.7 Å². The number of hydrogen-bond donors (Lipinski definition) is 0. The summed E-state index contributed by atoms with van der Waals surface area (Å²) in [7, 11) is 0. The highest BCUT2D eigenvalue weighted by Gasteiger charge is 2.10. The molecule has 0 bridgehead atoms. The van der Waals surface area contributed by atoms with E-state index in [9.17, 15) is 4.79 Å². The molecule has 0 saturated heterocycles. The largest absolute Gasteiger partial charge is 0.295 e. The molecule has 0 aliphatic rings. The Morgan fingerprint density at radius 1 is 1.25 bits per heavy atom. The van der Waals surface area contributed by atoms with E-state index >= 15 is 0 Å². The van der Waals surface area contributed by atoms with Crippen molar-refractivity contribution >= 4 is 34.8 Å². The standard InChI is InChI=1S/C14H10ClN3OS/c1-9(19)10-5-6-12(11(15)8-10)20-14-17-16-13-4-2-3-7-18(13)14/h2-8H,1H3. The molecule has 1 aromatic carbocycles. The van der Waals surface area contributed by atoms with Crippen molar-refractivity contribution in [1.29, 1.82) is 0 Å². The first-order valence-electron chi connectivity index (χ1n) is 5.93. The van der Waals surface area contributed by atoms with Crippen molar-refractivity contribution in [2.24, 2.45) is 0 Å². The monoisotopic (exact) mass is 303 g/mol. The van der Waals surface area contributed by atoms with Crippen LogP contribution in [0.5, 0.6) is 0 Å². The first-order valence-corrected chi connectivity index (χ1v) is 7.13. The summed E-state index contributed by atoms with van der Waals surface area (Å²) in [4.78, 5) is 12.2. The lowest BCUT2D eigenvalue weighted by molar-refractivity contribution is 0.101. The summed E-state index contributed by atoms with van der Waals surface area (Å²) >= 11 is 7.63. The van der Waals surface area contributed by atoms with E-state index in [2.05, 4.69) is 10.2 Å². The van der Waals surface area contributed by atoms with E-state index in [1.807, 2.05) is 34.9 Å². The number of nitrogens with zero attached hydrogens (tertiary/aromatic N) is 3. The molecular formula is C14H10ClN3OS. The predicted molar refractivity (Wildman–Crippen MR) is 78.6 cm³/mol. The van der Waals surface area contributed by atoms with Crippen molar-refractivity contribution in [3.63, 3.8) is 0 Å². The van der Waals surface area contributed by atoms with Crippen LogP contribution in [0.15, 0.2) is 52.6 Å². The van der Waals surface area contributed by atoms with Gasteiger partial charge >= 0.3 is 0 Å². The van der Waals surface area contributed by atoms with Crippen LogP contribution in [0.3, 0.4) is 0 Å². The van der Waals surface area contributed by atoms with Gasteiger partial charge in [0.1, 0.15) is 0 Å². The predicted octanol–water partition coefficient (Wildman–Crippen LogP) is 3.74. The molecular weight excluding hydrogens is 294 g/mol. The van der Waals surface area contributed by atoms with Gasteiger partial charge in [-0.25, -0.2) is 0 Å². The zero-order valence-electron chi connectivity index (χ0n) is 10.6. The Hall–Kier alpha value is -1.85. The molecule has 0 aliphatic carbocycles. The van der Waals surface area contributed by atoms with E-state index in [-0.39, 0.29) is 5.78 Å². The average molecular weight is 304 g/mol. The Balaban J connectivity index is 1.97. The third-order valence-electron chi connectivity index (χ3n) is 2.82. The molecule has 0 fully saturated rings. The van der Waals surface area contributed by atoms with Gasteiger partial charge in [0.25, 0.3) is 0 Å². The first-order chi connectivity index (χ1) is 9.65. The van der Waals surface area contributed by atoms with Gasteiger partial charge in [-0.1, -0.05) is 23.7 Å². The molecule has 20 heavy (non-hydrogen) atoms. The number of benzene rings is 1. The van der Waals surface area contributed by atoms with Gasteiger partial charge in [-0.3, -0.25) is 9.20 Å². The molecule has 0 saturated carbocycles. The smallest absolute Gasteiger partial charge is 0.200 e. The van der Waals surface area contributed by atoms with Crippen LogP contribution in [-0.4, -0.2) is 20.4 Å². The lowest BCUT2D eigenvalue weighted by atomic mass is 10.1. The lowest BCUT2D eigenvalue weighted by Crippen LogP contribution is -1.92. The van der Waals surface area contributed by atoms with E-state index in [1.165, 1.54) is 18.7 Å². The van der Waals surface area contributed by atoms with Crippen LogP contribution in [0.25, 0.3) is 5.65 Å². The zero-order valence-corrected chi connectivity index (χ0v) is 12.1. The van der Waals surface area contributed by atoms with E-state index in [1.54, 1.807) is 12.1 Å². The number of ketones is 1. The van der Waals surface area contributed by atoms with E-state index < -0.39 is 0 Å². The van der Waals surface area contributed by atoms with Crippen LogP contribution in [0.1, 0.15) is 17.3 Å². The molecule has 3 rings (SSSR count). The maximum atomic E-state index is 11.3. The number of carbonyl (C=O) groups excluding carboxylic acids is 1. The van der Waals surface area contributed by atoms with Crippen molar-refractivity contribution in [3.8, 4) is 0 Å². The van der Waals surface area contributed by atoms with Crippen LogP contribution in [0.4, 0.5) is 0 Å². The number of hydrogen-bond acceptors (Lipinski definition) is 4. The second kappa shape index (κ2) is 5.26. The van der Waals surface area contributed by atoms with E-state index in [0.29, 0.717) is 10.6 Å². The third-order valence-corrected chi connectivity index (χ3v) is 4.28. The summed E-state index contributed by atoms with van der Waals surface area (Å²) < 4.78 is 1.89. The number of pyridine rings is 1. The second-order valence-electron chi connectivity index (χ2n) is 4.21. The Morgan fingerprint density at radius 3 is 2.85 bits per heavy atom. The number of Topliss-reactive ketones (excluding diaryl/α,β-unsaturated/α-hetero) is 1. The van der Waals surface area contributed by atoms with Crippen LogP contribution < -0.4 is 0 Å². The molecule has 0 amide bonds. The lowest BCUT2D eigenvalue weighted by Gasteiger charge is -2.04. The Morgan fingerprint density at radius 2 is 2.10 bits per heavy atom. The highest BCUT2D eigenvalue weighted by atomic mass is 35.5. The molecule has 0 radical (unpaired) electrons. The van der Waals surface area contributed by atoms with E-state index in [4.69, 9.17) is 11.6 Å². The number of halogens is 1. The van der Waals surface area contributed by atoms with Crippen molar-refractivity contribution in [1.82, 2.24) is 14.6 Å². The fourth-order valence-electron chi connectivity index (χ4n) is 1.79. The Labute approximate surface area is 124 Å². The Kier molecular flexibility index (Phi) is 3.46. The number of rotatable bonds is 3.